The van der Waals surface area contributed by atoms with Crippen LogP contribution in [0.5, 0.6) is 0 Å². The maximum atomic E-state index is 12.6. The van der Waals surface area contributed by atoms with Crippen LogP contribution in [0, 0.1) is 0 Å². The largest absolute Gasteiger partial charge is 0.464 e. The molecular weight excluding hydrogens is 296 g/mol. The van der Waals surface area contributed by atoms with E-state index in [0.29, 0.717) is 12.2 Å². The first-order valence-corrected chi connectivity index (χ1v) is 7.78. The average Bonchev–Trinajstić information content (AvgIpc) is 2.52. The minimum absolute atomic E-state index is 0.193. The highest BCUT2D eigenvalue weighted by Gasteiger charge is 2.49. The molecule has 0 radical (unpaired) electrons. The van der Waals surface area contributed by atoms with Gasteiger partial charge < -0.3 is 19.7 Å². The van der Waals surface area contributed by atoms with Gasteiger partial charge in [-0.25, -0.2) is 9.59 Å². The minimum Gasteiger partial charge on any atom is -0.464 e. The number of nitrogens with one attached hydrogen (secondary N) is 1. The fourth-order valence-corrected chi connectivity index (χ4v) is 2.12. The first-order valence-electron chi connectivity index (χ1n) is 7.78. The third-order valence-electron chi connectivity index (χ3n) is 3.31. The molecule has 23 heavy (non-hydrogen) atoms. The molecule has 0 bridgehead atoms. The van der Waals surface area contributed by atoms with E-state index in [1.54, 1.807) is 26.0 Å². The van der Waals surface area contributed by atoms with E-state index >= 15 is 0 Å². The molecule has 1 rings (SSSR count). The fourth-order valence-electron chi connectivity index (χ4n) is 2.12. The lowest BCUT2D eigenvalue weighted by molar-refractivity contribution is -0.163. The smallest absolute Gasteiger partial charge is 0.343 e. The van der Waals surface area contributed by atoms with Gasteiger partial charge in [0.25, 0.3) is 0 Å². The Balaban J connectivity index is 3.19. The molecule has 1 aromatic rings. The second-order valence-electron chi connectivity index (χ2n) is 5.39. The molecule has 0 unspecified atom stereocenters. The molecule has 0 fully saturated rings. The number of para-hydroxylation sites is 1. The second kappa shape index (κ2) is 9.15. The van der Waals surface area contributed by atoms with E-state index in [-0.39, 0.29) is 19.6 Å². The summed E-state index contributed by atoms with van der Waals surface area (Å²) in [6.07, 6.45) is 0.243. The first-order chi connectivity index (χ1) is 11.0. The molecule has 0 heterocycles. The van der Waals surface area contributed by atoms with Gasteiger partial charge in [0.2, 0.25) is 5.54 Å². The summed E-state index contributed by atoms with van der Waals surface area (Å²) < 4.78 is 10.3. The summed E-state index contributed by atoms with van der Waals surface area (Å²) in [6, 6.07) is 9.11. The van der Waals surface area contributed by atoms with Gasteiger partial charge in [0.1, 0.15) is 0 Å². The number of ether oxygens (including phenoxy) is 2. The number of esters is 2. The molecule has 0 aliphatic rings. The number of hydrogen-bond acceptors (Lipinski definition) is 6. The molecule has 0 spiro atoms. The van der Waals surface area contributed by atoms with Gasteiger partial charge in [-0.15, -0.1) is 0 Å². The topological polar surface area (TPSA) is 67.9 Å². The van der Waals surface area contributed by atoms with E-state index in [2.05, 4.69) is 5.32 Å². The molecule has 0 saturated carbocycles. The molecule has 0 saturated heterocycles. The zero-order valence-corrected chi connectivity index (χ0v) is 14.3. The summed E-state index contributed by atoms with van der Waals surface area (Å²) in [7, 11) is 3.76. The molecule has 0 aliphatic heterocycles. The molecule has 6 nitrogen and oxygen atoms in total. The van der Waals surface area contributed by atoms with Crippen molar-refractivity contribution in [3.63, 3.8) is 0 Å². The van der Waals surface area contributed by atoms with Crippen molar-refractivity contribution in [3.8, 4) is 0 Å². The van der Waals surface area contributed by atoms with Crippen LogP contribution in [0.15, 0.2) is 30.3 Å². The summed E-state index contributed by atoms with van der Waals surface area (Å²) in [5, 5.41) is 3.04. The van der Waals surface area contributed by atoms with Crippen molar-refractivity contribution in [3.05, 3.63) is 30.3 Å². The number of benzene rings is 1. The Labute approximate surface area is 137 Å². The number of anilines is 1. The quantitative estimate of drug-likeness (QED) is 0.553. The van der Waals surface area contributed by atoms with E-state index in [1.807, 2.05) is 37.2 Å². The van der Waals surface area contributed by atoms with Gasteiger partial charge in [0.05, 0.1) is 13.2 Å². The van der Waals surface area contributed by atoms with Crippen LogP contribution in [-0.4, -0.2) is 56.2 Å². The van der Waals surface area contributed by atoms with Crippen LogP contribution in [0.1, 0.15) is 20.3 Å². The Bertz CT molecular complexity index is 485. The molecule has 0 aliphatic carbocycles. The third-order valence-corrected chi connectivity index (χ3v) is 3.31. The predicted octanol–water partition coefficient (Wildman–Crippen LogP) is 1.92. The molecule has 0 amide bonds. The van der Waals surface area contributed by atoms with Crippen molar-refractivity contribution < 1.29 is 19.1 Å². The van der Waals surface area contributed by atoms with Crippen molar-refractivity contribution in [2.75, 3.05) is 39.2 Å². The third kappa shape index (κ3) is 5.25. The van der Waals surface area contributed by atoms with Gasteiger partial charge in [0.15, 0.2) is 0 Å². The highest BCUT2D eigenvalue weighted by Crippen LogP contribution is 2.23. The zero-order valence-electron chi connectivity index (χ0n) is 14.3. The van der Waals surface area contributed by atoms with Crippen molar-refractivity contribution >= 4 is 17.6 Å². The monoisotopic (exact) mass is 322 g/mol. The normalized spacial score (nSPS) is 11.2. The standard InChI is InChI=1S/C17H26N2O4/c1-5-22-15(20)17(12-13-19(3)4,16(21)23-6-2)18-14-10-8-7-9-11-14/h7-11,18H,5-6,12-13H2,1-4H3. The van der Waals surface area contributed by atoms with Crippen LogP contribution in [0.2, 0.25) is 0 Å². The van der Waals surface area contributed by atoms with Gasteiger partial charge in [-0.3, -0.25) is 0 Å². The Hall–Kier alpha value is -2.08. The van der Waals surface area contributed by atoms with Crippen LogP contribution in [-0.2, 0) is 19.1 Å². The van der Waals surface area contributed by atoms with E-state index in [0.717, 1.165) is 0 Å². The zero-order chi connectivity index (χ0) is 17.3. The molecule has 6 heteroatoms. The predicted molar refractivity (Wildman–Crippen MR) is 89.2 cm³/mol. The Morgan fingerprint density at radius 1 is 1.04 bits per heavy atom. The number of hydrogen-bond donors (Lipinski definition) is 1. The molecule has 0 aromatic heterocycles. The Kier molecular flexibility index (Phi) is 7.54. The van der Waals surface area contributed by atoms with E-state index in [4.69, 9.17) is 9.47 Å². The first kappa shape index (κ1) is 19.0. The number of rotatable bonds is 9. The summed E-state index contributed by atoms with van der Waals surface area (Å²) in [5.41, 5.74) is -0.898. The van der Waals surface area contributed by atoms with E-state index in [1.165, 1.54) is 0 Å². The Morgan fingerprint density at radius 2 is 1.57 bits per heavy atom. The van der Waals surface area contributed by atoms with Gasteiger partial charge in [-0.2, -0.15) is 0 Å². The molecular formula is C17H26N2O4. The summed E-state index contributed by atoms with van der Waals surface area (Å²) >= 11 is 0. The lowest BCUT2D eigenvalue weighted by atomic mass is 9.94. The summed E-state index contributed by atoms with van der Waals surface area (Å²) in [6.45, 7) is 4.33. The highest BCUT2D eigenvalue weighted by molar-refractivity contribution is 6.08. The van der Waals surface area contributed by atoms with Crippen LogP contribution in [0.25, 0.3) is 0 Å². The van der Waals surface area contributed by atoms with Gasteiger partial charge in [0, 0.05) is 18.7 Å². The van der Waals surface area contributed by atoms with Crippen LogP contribution in [0.3, 0.4) is 0 Å². The molecule has 1 N–H and O–H groups in total. The van der Waals surface area contributed by atoms with Crippen molar-refractivity contribution in [1.29, 1.82) is 0 Å². The maximum Gasteiger partial charge on any atom is 0.343 e. The SMILES string of the molecule is CCOC(=O)C(CCN(C)C)(Nc1ccccc1)C(=O)OCC. The second-order valence-corrected chi connectivity index (χ2v) is 5.39. The van der Waals surface area contributed by atoms with E-state index < -0.39 is 17.5 Å². The molecule has 0 atom stereocenters. The van der Waals surface area contributed by atoms with Crippen molar-refractivity contribution in [2.45, 2.75) is 25.8 Å². The van der Waals surface area contributed by atoms with E-state index in [9.17, 15) is 9.59 Å². The fraction of sp³-hybridized carbons (Fsp3) is 0.529. The average molecular weight is 322 g/mol. The van der Waals surface area contributed by atoms with Gasteiger partial charge in [-0.05, 0) is 40.1 Å². The lowest BCUT2D eigenvalue weighted by Crippen LogP contribution is -2.56. The number of carbonyl (C=O) groups is 2. The number of nitrogens with zero attached hydrogens (tertiary/aromatic N) is 1. The summed E-state index contributed by atoms with van der Waals surface area (Å²) in [4.78, 5) is 27.1. The van der Waals surface area contributed by atoms with Gasteiger partial charge >= 0.3 is 11.9 Å². The maximum absolute atomic E-state index is 12.6. The minimum atomic E-state index is -1.56. The summed E-state index contributed by atoms with van der Waals surface area (Å²) in [5.74, 6) is -1.24. The van der Waals surface area contributed by atoms with Crippen LogP contribution in [0.4, 0.5) is 5.69 Å². The van der Waals surface area contributed by atoms with Crippen LogP contribution >= 0.6 is 0 Å². The highest BCUT2D eigenvalue weighted by atomic mass is 16.6. The van der Waals surface area contributed by atoms with Crippen molar-refractivity contribution in [1.82, 2.24) is 4.90 Å². The lowest BCUT2D eigenvalue weighted by Gasteiger charge is -2.32. The van der Waals surface area contributed by atoms with Crippen LogP contribution < -0.4 is 5.32 Å². The van der Waals surface area contributed by atoms with Gasteiger partial charge in [-0.1, -0.05) is 18.2 Å². The molecule has 128 valence electrons. The molecule has 1 aromatic carbocycles. The number of carbonyl (C=O) groups excluding carboxylic acids is 2. The van der Waals surface area contributed by atoms with Crippen molar-refractivity contribution in [2.24, 2.45) is 0 Å². The Morgan fingerprint density at radius 3 is 2.00 bits per heavy atom.